The van der Waals surface area contributed by atoms with Crippen molar-refractivity contribution in [1.29, 1.82) is 0 Å². The Labute approximate surface area is 98.3 Å². The first-order chi connectivity index (χ1) is 7.63. The number of hydrogen-bond donors (Lipinski definition) is 3. The van der Waals surface area contributed by atoms with Crippen LogP contribution < -0.4 is 11.1 Å². The fourth-order valence-electron chi connectivity index (χ4n) is 2.52. The van der Waals surface area contributed by atoms with Gasteiger partial charge in [-0.1, -0.05) is 31.3 Å². The molecule has 1 rings (SSSR count). The molecule has 0 amide bonds. The third-order valence-corrected chi connectivity index (χ3v) is 3.50. The van der Waals surface area contributed by atoms with Gasteiger partial charge >= 0.3 is 0 Å². The van der Waals surface area contributed by atoms with E-state index in [9.17, 15) is 0 Å². The van der Waals surface area contributed by atoms with Crippen molar-refractivity contribution in [3.63, 3.8) is 0 Å². The van der Waals surface area contributed by atoms with Gasteiger partial charge in [0.15, 0.2) is 0 Å². The summed E-state index contributed by atoms with van der Waals surface area (Å²) in [6, 6.07) is 0.866. The maximum absolute atomic E-state index is 8.52. The molecule has 1 fully saturated rings. The molecule has 1 saturated carbocycles. The fourth-order valence-corrected chi connectivity index (χ4v) is 2.52. The van der Waals surface area contributed by atoms with Gasteiger partial charge in [-0.25, -0.2) is 0 Å². The maximum atomic E-state index is 8.52. The van der Waals surface area contributed by atoms with Crippen LogP contribution in [0.15, 0.2) is 5.16 Å². The summed E-state index contributed by atoms with van der Waals surface area (Å²) >= 11 is 0. The minimum atomic E-state index is 0.279. The van der Waals surface area contributed by atoms with Gasteiger partial charge in [-0.2, -0.15) is 0 Å². The summed E-state index contributed by atoms with van der Waals surface area (Å²) < 4.78 is 0. The van der Waals surface area contributed by atoms with E-state index in [0.717, 1.165) is 5.92 Å². The highest BCUT2D eigenvalue weighted by atomic mass is 16.4. The first-order valence-corrected chi connectivity index (χ1v) is 6.36. The molecule has 0 aromatic heterocycles. The summed E-state index contributed by atoms with van der Waals surface area (Å²) in [6.07, 6.45) is 7.21. The van der Waals surface area contributed by atoms with Crippen molar-refractivity contribution in [2.45, 2.75) is 64.5 Å². The van der Waals surface area contributed by atoms with Crippen LogP contribution in [0, 0.1) is 5.92 Å². The van der Waals surface area contributed by atoms with Crippen LogP contribution in [-0.2, 0) is 0 Å². The van der Waals surface area contributed by atoms with Gasteiger partial charge in [0.25, 0.3) is 0 Å². The number of hydrogen-bond acceptors (Lipinski definition) is 3. The van der Waals surface area contributed by atoms with E-state index in [1.165, 1.54) is 32.1 Å². The first-order valence-electron chi connectivity index (χ1n) is 6.36. The van der Waals surface area contributed by atoms with E-state index in [0.29, 0.717) is 18.3 Å². The lowest BCUT2D eigenvalue weighted by Gasteiger charge is -2.26. The highest BCUT2D eigenvalue weighted by molar-refractivity contribution is 5.80. The zero-order valence-electron chi connectivity index (χ0n) is 10.4. The van der Waals surface area contributed by atoms with Gasteiger partial charge < -0.3 is 16.3 Å². The van der Waals surface area contributed by atoms with Crippen molar-refractivity contribution in [3.8, 4) is 0 Å². The zero-order chi connectivity index (χ0) is 12.0. The quantitative estimate of drug-likeness (QED) is 0.226. The second-order valence-corrected chi connectivity index (χ2v) is 5.08. The largest absolute Gasteiger partial charge is 0.409 e. The smallest absolute Gasteiger partial charge is 0.140 e. The molecule has 1 aliphatic carbocycles. The van der Waals surface area contributed by atoms with Crippen LogP contribution in [0.25, 0.3) is 0 Å². The van der Waals surface area contributed by atoms with E-state index in [-0.39, 0.29) is 6.04 Å². The van der Waals surface area contributed by atoms with Gasteiger partial charge in [-0.05, 0) is 25.7 Å². The Balaban J connectivity index is 2.38. The molecular weight excluding hydrogens is 202 g/mol. The van der Waals surface area contributed by atoms with E-state index in [4.69, 9.17) is 10.9 Å². The SMILES string of the molecule is CC(CC(N)=NO)NC1CCCCCC1C. The summed E-state index contributed by atoms with van der Waals surface area (Å²) in [5.74, 6) is 1.04. The molecular formula is C12H25N3O. The number of nitrogens with two attached hydrogens (primary N) is 1. The van der Waals surface area contributed by atoms with Crippen molar-refractivity contribution in [3.05, 3.63) is 0 Å². The van der Waals surface area contributed by atoms with Crippen LogP contribution in [0.5, 0.6) is 0 Å². The Kier molecular flexibility index (Phi) is 5.60. The van der Waals surface area contributed by atoms with E-state index in [2.05, 4.69) is 24.3 Å². The van der Waals surface area contributed by atoms with Crippen molar-refractivity contribution < 1.29 is 5.21 Å². The van der Waals surface area contributed by atoms with Crippen LogP contribution >= 0.6 is 0 Å². The molecule has 0 aromatic carbocycles. The average Bonchev–Trinajstić information content (AvgIpc) is 2.44. The van der Waals surface area contributed by atoms with Gasteiger partial charge in [0.2, 0.25) is 0 Å². The summed E-state index contributed by atoms with van der Waals surface area (Å²) in [6.45, 7) is 4.41. The minimum Gasteiger partial charge on any atom is -0.409 e. The third kappa shape index (κ3) is 4.39. The number of rotatable bonds is 4. The van der Waals surface area contributed by atoms with Crippen molar-refractivity contribution in [2.24, 2.45) is 16.8 Å². The van der Waals surface area contributed by atoms with E-state index >= 15 is 0 Å². The van der Waals surface area contributed by atoms with E-state index in [1.54, 1.807) is 0 Å². The average molecular weight is 227 g/mol. The van der Waals surface area contributed by atoms with E-state index in [1.807, 2.05) is 0 Å². The van der Waals surface area contributed by atoms with Crippen LogP contribution in [0.4, 0.5) is 0 Å². The van der Waals surface area contributed by atoms with Crippen LogP contribution in [0.3, 0.4) is 0 Å². The Morgan fingerprint density at radius 3 is 2.81 bits per heavy atom. The molecule has 1 aliphatic rings. The van der Waals surface area contributed by atoms with Crippen LogP contribution in [-0.4, -0.2) is 23.1 Å². The molecule has 0 aromatic rings. The molecule has 4 heteroatoms. The standard InChI is InChI=1S/C12H25N3O/c1-9-6-4-3-5-7-11(9)14-10(2)8-12(13)15-16/h9-11,14,16H,3-8H2,1-2H3,(H2,13,15). The Bertz CT molecular complexity index is 230. The summed E-state index contributed by atoms with van der Waals surface area (Å²) in [5.41, 5.74) is 5.50. The molecule has 94 valence electrons. The molecule has 4 nitrogen and oxygen atoms in total. The second kappa shape index (κ2) is 6.74. The first kappa shape index (κ1) is 13.3. The second-order valence-electron chi connectivity index (χ2n) is 5.08. The topological polar surface area (TPSA) is 70.6 Å². The minimum absolute atomic E-state index is 0.279. The maximum Gasteiger partial charge on any atom is 0.140 e. The lowest BCUT2D eigenvalue weighted by atomic mass is 9.96. The molecule has 0 saturated heterocycles. The lowest BCUT2D eigenvalue weighted by Crippen LogP contribution is -2.42. The van der Waals surface area contributed by atoms with Gasteiger partial charge in [0.05, 0.1) is 0 Å². The summed E-state index contributed by atoms with van der Waals surface area (Å²) in [4.78, 5) is 0. The molecule has 0 radical (unpaired) electrons. The highest BCUT2D eigenvalue weighted by Crippen LogP contribution is 2.23. The Morgan fingerprint density at radius 2 is 2.12 bits per heavy atom. The Morgan fingerprint density at radius 1 is 1.44 bits per heavy atom. The molecule has 0 bridgehead atoms. The predicted octanol–water partition coefficient (Wildman–Crippen LogP) is 2.07. The number of nitrogens with zero attached hydrogens (tertiary/aromatic N) is 1. The fraction of sp³-hybridized carbons (Fsp3) is 0.917. The molecule has 0 heterocycles. The van der Waals surface area contributed by atoms with Crippen LogP contribution in [0.1, 0.15) is 52.4 Å². The predicted molar refractivity (Wildman–Crippen MR) is 66.7 cm³/mol. The summed E-state index contributed by atoms with van der Waals surface area (Å²) in [5, 5.41) is 15.1. The molecule has 3 unspecified atom stereocenters. The van der Waals surface area contributed by atoms with Gasteiger partial charge in [-0.3, -0.25) is 0 Å². The zero-order valence-corrected chi connectivity index (χ0v) is 10.4. The van der Waals surface area contributed by atoms with Crippen molar-refractivity contribution >= 4 is 5.84 Å². The van der Waals surface area contributed by atoms with Crippen molar-refractivity contribution in [1.82, 2.24) is 5.32 Å². The molecule has 0 spiro atoms. The van der Waals surface area contributed by atoms with Gasteiger partial charge in [0, 0.05) is 18.5 Å². The monoisotopic (exact) mass is 227 g/mol. The van der Waals surface area contributed by atoms with E-state index < -0.39 is 0 Å². The Hall–Kier alpha value is -0.770. The number of oxime groups is 1. The van der Waals surface area contributed by atoms with Gasteiger partial charge in [-0.15, -0.1) is 0 Å². The van der Waals surface area contributed by atoms with Gasteiger partial charge in [0.1, 0.15) is 5.84 Å². The normalized spacial score (nSPS) is 29.8. The molecule has 4 N–H and O–H groups in total. The molecule has 3 atom stereocenters. The third-order valence-electron chi connectivity index (χ3n) is 3.50. The highest BCUT2D eigenvalue weighted by Gasteiger charge is 2.21. The van der Waals surface area contributed by atoms with Crippen LogP contribution in [0.2, 0.25) is 0 Å². The summed E-state index contributed by atoms with van der Waals surface area (Å²) in [7, 11) is 0. The molecule has 16 heavy (non-hydrogen) atoms. The lowest BCUT2D eigenvalue weighted by molar-refractivity contribution is 0.310. The number of amidine groups is 1. The number of nitrogens with one attached hydrogen (secondary N) is 1. The van der Waals surface area contributed by atoms with Crippen molar-refractivity contribution in [2.75, 3.05) is 0 Å². The molecule has 0 aliphatic heterocycles.